The first-order chi connectivity index (χ1) is 48.5. The van der Waals surface area contributed by atoms with E-state index in [9.17, 15) is 42.1 Å². The lowest BCUT2D eigenvalue weighted by Crippen LogP contribution is -2.34. The Hall–Kier alpha value is -7.50. The minimum Gasteiger partial charge on any atom is -0.315 e. The fourth-order valence-electron chi connectivity index (χ4n) is 12.6. The molecule has 0 amide bonds. The van der Waals surface area contributed by atoms with Crippen LogP contribution in [0.5, 0.6) is 0 Å². The summed E-state index contributed by atoms with van der Waals surface area (Å²) in [4.78, 5) is 22.1. The van der Waals surface area contributed by atoms with Crippen LogP contribution in [0.1, 0.15) is 32.1 Å². The molecule has 0 aliphatic carbocycles. The van der Waals surface area contributed by atoms with Gasteiger partial charge < -0.3 is 26.6 Å². The summed E-state index contributed by atoms with van der Waals surface area (Å²) in [7, 11) is -17.2. The van der Waals surface area contributed by atoms with Gasteiger partial charge in [-0.05, 0) is 125 Å². The monoisotopic (exact) mass is 1460 g/mol. The van der Waals surface area contributed by atoms with E-state index in [2.05, 4.69) is 51.5 Å². The van der Waals surface area contributed by atoms with Crippen molar-refractivity contribution in [2.45, 2.75) is 56.6 Å². The van der Waals surface area contributed by atoms with E-state index >= 15 is 0 Å². The van der Waals surface area contributed by atoms with Crippen LogP contribution in [0.25, 0.3) is 53.9 Å². The zero-order valence-corrected chi connectivity index (χ0v) is 59.7. The van der Waals surface area contributed by atoms with Crippen molar-refractivity contribution in [3.8, 4) is 0 Å². The Morgan fingerprint density at radius 1 is 0.230 bits per heavy atom. The largest absolute Gasteiger partial charge is 0.315 e. The van der Waals surface area contributed by atoms with Crippen LogP contribution < -0.4 is 26.6 Å². The van der Waals surface area contributed by atoms with Gasteiger partial charge in [0, 0.05) is 214 Å². The van der Waals surface area contributed by atoms with Crippen LogP contribution in [-0.4, -0.2) is 219 Å². The van der Waals surface area contributed by atoms with Crippen molar-refractivity contribution in [2.24, 2.45) is 0 Å². The van der Waals surface area contributed by atoms with Crippen molar-refractivity contribution < 1.29 is 42.1 Å². The number of fused-ring (bicyclic) bond motifs is 5. The van der Waals surface area contributed by atoms with Crippen LogP contribution in [0.4, 0.5) is 0 Å². The first-order valence-electron chi connectivity index (χ1n) is 33.7. The predicted octanol–water partition coefficient (Wildman–Crippen LogP) is 6.09. The molecule has 0 bridgehead atoms. The second-order valence-electron chi connectivity index (χ2n) is 24.3. The molecule has 5 aliphatic rings. The second kappa shape index (κ2) is 34.4. The lowest BCUT2D eigenvalue weighted by molar-refractivity contribution is 0.432. The molecular formula is C70H85N15O10S5. The van der Waals surface area contributed by atoms with Crippen molar-refractivity contribution in [2.75, 3.05) is 131 Å². The van der Waals surface area contributed by atoms with Crippen LogP contribution in [0, 0.1) is 0 Å². The molecule has 5 saturated heterocycles. The van der Waals surface area contributed by atoms with E-state index in [-0.39, 0.29) is 0 Å². The summed E-state index contributed by atoms with van der Waals surface area (Å²) in [5.74, 6) is 0. The first-order valence-corrected chi connectivity index (χ1v) is 40.9. The van der Waals surface area contributed by atoms with Gasteiger partial charge in [-0.15, -0.1) is 0 Å². The van der Waals surface area contributed by atoms with Gasteiger partial charge in [0.1, 0.15) is 0 Å². The summed E-state index contributed by atoms with van der Waals surface area (Å²) < 4.78 is 136. The maximum Gasteiger partial charge on any atom is 0.243 e. The third-order valence-electron chi connectivity index (χ3n) is 17.8. The van der Waals surface area contributed by atoms with Crippen LogP contribution in [0.2, 0.25) is 0 Å². The van der Waals surface area contributed by atoms with Crippen LogP contribution in [0.15, 0.2) is 208 Å². The normalized spacial score (nSPS) is 18.0. The zero-order valence-electron chi connectivity index (χ0n) is 55.6. The quantitative estimate of drug-likeness (QED) is 0.103. The van der Waals surface area contributed by atoms with Crippen molar-refractivity contribution in [3.63, 3.8) is 0 Å². The van der Waals surface area contributed by atoms with Crippen molar-refractivity contribution in [3.05, 3.63) is 183 Å². The number of hydrogen-bond acceptors (Lipinski definition) is 20. The molecular weight excluding hydrogens is 1370 g/mol. The fraction of sp³-hybridized carbons (Fsp3) is 0.357. The Bertz CT molecular complexity index is 4240. The molecule has 5 aromatic carbocycles. The van der Waals surface area contributed by atoms with Gasteiger partial charge >= 0.3 is 0 Å². The summed E-state index contributed by atoms with van der Waals surface area (Å²) in [6, 6.07) is 35.4. The number of nitrogens with one attached hydrogen (secondary N) is 5. The average Bonchev–Trinajstić information content (AvgIpc) is 1.08. The average molecular weight is 1460 g/mol. The van der Waals surface area contributed by atoms with Gasteiger partial charge in [0.05, 0.1) is 24.5 Å². The van der Waals surface area contributed by atoms with E-state index in [1.54, 1.807) is 174 Å². The highest BCUT2D eigenvalue weighted by Gasteiger charge is 2.32. The number of aromatic nitrogens is 5. The molecule has 100 heavy (non-hydrogen) atoms. The number of nitrogens with zero attached hydrogens (tertiary/aromatic N) is 10. The maximum absolute atomic E-state index is 12.8. The molecule has 25 nitrogen and oxygen atoms in total. The summed E-state index contributed by atoms with van der Waals surface area (Å²) in [6.07, 6.45) is 20.8. The number of hydrogen-bond donors (Lipinski definition) is 5. The van der Waals surface area contributed by atoms with Crippen molar-refractivity contribution in [1.29, 1.82) is 0 Å². The smallest absolute Gasteiger partial charge is 0.243 e. The standard InChI is InChI=1S/5C14H17N3O2S/c5*18-20(19,17-9-2-6-15-8-10-17)14-4-1-3-12-11-16-7-5-13(12)14/h5*1,3-5,7,11,15H,2,6,8-10H2. The molecule has 10 heterocycles. The van der Waals surface area contributed by atoms with Gasteiger partial charge in [-0.25, -0.2) is 42.1 Å². The van der Waals surface area contributed by atoms with Crippen LogP contribution >= 0.6 is 0 Å². The van der Waals surface area contributed by atoms with Crippen molar-refractivity contribution >= 4 is 104 Å². The summed E-state index contributed by atoms with van der Waals surface area (Å²) in [6.45, 7) is 13.3. The highest BCUT2D eigenvalue weighted by atomic mass is 32.2. The van der Waals surface area contributed by atoms with Crippen LogP contribution in [-0.2, 0) is 50.1 Å². The highest BCUT2D eigenvalue weighted by molar-refractivity contribution is 7.90. The topological polar surface area (TPSA) is 312 Å². The minimum absolute atomic E-state index is 0.374. The molecule has 5 aliphatic heterocycles. The van der Waals surface area contributed by atoms with Gasteiger partial charge in [0.15, 0.2) is 0 Å². The lowest BCUT2D eigenvalue weighted by atomic mass is 10.2. The van der Waals surface area contributed by atoms with Gasteiger partial charge in [0.2, 0.25) is 50.1 Å². The van der Waals surface area contributed by atoms with Crippen LogP contribution in [0.3, 0.4) is 0 Å². The molecule has 0 spiro atoms. The summed E-state index contributed by atoms with van der Waals surface area (Å²) >= 11 is 0. The van der Waals surface area contributed by atoms with Gasteiger partial charge in [-0.3, -0.25) is 24.9 Å². The van der Waals surface area contributed by atoms with Gasteiger partial charge in [-0.1, -0.05) is 60.7 Å². The molecule has 0 saturated carbocycles. The Kier molecular flexibility index (Phi) is 25.4. The molecule has 5 N–H and O–H groups in total. The van der Waals surface area contributed by atoms with E-state index in [0.29, 0.717) is 123 Å². The minimum atomic E-state index is -3.45. The molecule has 0 atom stereocenters. The predicted molar refractivity (Wildman–Crippen MR) is 390 cm³/mol. The molecule has 30 heteroatoms. The molecule has 10 aromatic rings. The van der Waals surface area contributed by atoms with E-state index < -0.39 is 50.1 Å². The first kappa shape index (κ1) is 73.7. The third kappa shape index (κ3) is 17.7. The Morgan fingerprint density at radius 2 is 0.410 bits per heavy atom. The fourth-order valence-corrected chi connectivity index (χ4v) is 21.1. The molecule has 530 valence electrons. The SMILES string of the molecule is O=S(=O)(c1cccc2cnccc12)N1CCCNCC1.O=S(=O)(c1cccc2cnccc12)N1CCCNCC1.O=S(=O)(c1cccc2cnccc12)N1CCCNCC1.O=S(=O)(c1cccc2cnccc12)N1CCCNCC1.O=S(=O)(c1cccc2cnccc12)N1CCCNCC1. The van der Waals surface area contributed by atoms with E-state index in [1.807, 2.05) is 30.3 Å². The molecule has 5 fully saturated rings. The summed E-state index contributed by atoms with van der Waals surface area (Å²) in [5, 5.41) is 24.0. The van der Waals surface area contributed by atoms with Gasteiger partial charge in [-0.2, -0.15) is 21.5 Å². The summed E-state index contributed by atoms with van der Waals surface area (Å²) in [5.41, 5.74) is 0. The highest BCUT2D eigenvalue weighted by Crippen LogP contribution is 2.31. The Balaban J connectivity index is 0.000000126. The lowest BCUT2D eigenvalue weighted by Gasteiger charge is -2.20. The zero-order chi connectivity index (χ0) is 70.0. The second-order valence-corrected chi connectivity index (χ2v) is 33.8. The van der Waals surface area contributed by atoms with E-state index in [1.165, 1.54) is 0 Å². The number of benzene rings is 5. The maximum atomic E-state index is 12.8. The molecule has 5 aromatic heterocycles. The molecule has 0 unspecified atom stereocenters. The van der Waals surface area contributed by atoms with E-state index in [0.717, 1.165) is 119 Å². The molecule has 15 rings (SSSR count). The number of pyridine rings is 5. The number of sulfonamides is 5. The van der Waals surface area contributed by atoms with Crippen molar-refractivity contribution in [1.82, 2.24) is 73.0 Å². The van der Waals surface area contributed by atoms with Gasteiger partial charge in [0.25, 0.3) is 0 Å². The third-order valence-corrected chi connectivity index (χ3v) is 27.6. The Morgan fingerprint density at radius 3 is 0.590 bits per heavy atom. The number of rotatable bonds is 10. The van der Waals surface area contributed by atoms with E-state index in [4.69, 9.17) is 0 Å². The Labute approximate surface area is 586 Å². The molecule has 0 radical (unpaired) electrons.